The van der Waals surface area contributed by atoms with Gasteiger partial charge in [0.2, 0.25) is 5.91 Å². The zero-order valence-electron chi connectivity index (χ0n) is 18.6. The average molecular weight is 489 g/mol. The van der Waals surface area contributed by atoms with Gasteiger partial charge in [0.05, 0.1) is 6.54 Å². The maximum atomic E-state index is 13.3. The van der Waals surface area contributed by atoms with Gasteiger partial charge in [-0.15, -0.1) is 0 Å². The number of aromatic nitrogens is 2. The molecule has 176 valence electrons. The highest BCUT2D eigenvalue weighted by molar-refractivity contribution is 6.31. The average Bonchev–Trinajstić information content (AvgIpc) is 3.46. The summed E-state index contributed by atoms with van der Waals surface area (Å²) in [7, 11) is 0. The van der Waals surface area contributed by atoms with Crippen LogP contribution in [0.15, 0.2) is 73.1 Å². The van der Waals surface area contributed by atoms with E-state index in [1.165, 1.54) is 12.1 Å². The van der Waals surface area contributed by atoms with Crippen molar-refractivity contribution in [1.82, 2.24) is 20.6 Å². The molecular formula is C27H22ClFN4O2. The molecule has 0 radical (unpaired) electrons. The van der Waals surface area contributed by atoms with E-state index in [1.807, 2.05) is 36.7 Å². The molecule has 3 aromatic carbocycles. The fraction of sp³-hybridized carbons (Fsp3) is 0.111. The molecule has 5 aromatic rings. The van der Waals surface area contributed by atoms with Gasteiger partial charge >= 0.3 is 0 Å². The third-order valence-electron chi connectivity index (χ3n) is 5.95. The zero-order chi connectivity index (χ0) is 24.4. The first-order valence-electron chi connectivity index (χ1n) is 11.2. The van der Waals surface area contributed by atoms with Crippen molar-refractivity contribution >= 4 is 45.2 Å². The fourth-order valence-corrected chi connectivity index (χ4v) is 4.32. The molecule has 0 spiro atoms. The van der Waals surface area contributed by atoms with Gasteiger partial charge < -0.3 is 20.6 Å². The number of hydrogen-bond acceptors (Lipinski definition) is 2. The van der Waals surface area contributed by atoms with Crippen molar-refractivity contribution in [3.8, 4) is 11.1 Å². The lowest BCUT2D eigenvalue weighted by Gasteiger charge is -2.08. The van der Waals surface area contributed by atoms with Crippen LogP contribution in [0.4, 0.5) is 4.39 Å². The Balaban J connectivity index is 1.18. The number of carbonyl (C=O) groups excluding carboxylic acids is 2. The normalized spacial score (nSPS) is 11.1. The van der Waals surface area contributed by atoms with Crippen molar-refractivity contribution in [1.29, 1.82) is 0 Å². The first-order chi connectivity index (χ1) is 17.0. The number of carbonyl (C=O) groups is 2. The number of hydrogen-bond donors (Lipinski definition) is 4. The Labute approximate surface area is 205 Å². The molecule has 0 aliphatic carbocycles. The summed E-state index contributed by atoms with van der Waals surface area (Å²) < 4.78 is 13.3. The Hall–Kier alpha value is -4.10. The van der Waals surface area contributed by atoms with Crippen molar-refractivity contribution in [2.75, 3.05) is 13.1 Å². The van der Waals surface area contributed by atoms with Gasteiger partial charge in [0, 0.05) is 56.9 Å². The number of amides is 2. The number of aromatic amines is 2. The van der Waals surface area contributed by atoms with E-state index in [1.54, 1.807) is 24.3 Å². The van der Waals surface area contributed by atoms with Crippen LogP contribution in [0.2, 0.25) is 5.02 Å². The van der Waals surface area contributed by atoms with Crippen LogP contribution in [0.3, 0.4) is 0 Å². The SMILES string of the molecule is O=C(CNC(=O)c1ccc2[nH]cc(-c3ccc(F)cc3)c2c1)NCCc1c[nH]c2ccc(Cl)cc12. The lowest BCUT2D eigenvalue weighted by atomic mass is 10.0. The summed E-state index contributed by atoms with van der Waals surface area (Å²) in [6.07, 6.45) is 4.37. The summed E-state index contributed by atoms with van der Waals surface area (Å²) in [5.74, 6) is -0.927. The molecule has 5 rings (SSSR count). The van der Waals surface area contributed by atoms with Crippen molar-refractivity contribution in [2.24, 2.45) is 0 Å². The van der Waals surface area contributed by atoms with E-state index < -0.39 is 0 Å². The standard InChI is InChI=1S/C27H22ClFN4O2/c28-19-4-8-24-21(12-19)18(13-31-24)9-10-30-26(34)15-33-27(35)17-3-7-25-22(11-17)23(14-32-25)16-1-5-20(29)6-2-16/h1-8,11-14,31-32H,9-10,15H2,(H,30,34)(H,33,35). The summed E-state index contributed by atoms with van der Waals surface area (Å²) in [5.41, 5.74) is 5.05. The number of rotatable bonds is 7. The zero-order valence-corrected chi connectivity index (χ0v) is 19.4. The first-order valence-corrected chi connectivity index (χ1v) is 11.5. The van der Waals surface area contributed by atoms with Gasteiger partial charge in [-0.25, -0.2) is 4.39 Å². The Morgan fingerprint density at radius 2 is 1.60 bits per heavy atom. The first kappa shape index (κ1) is 22.7. The Morgan fingerprint density at radius 3 is 2.43 bits per heavy atom. The summed E-state index contributed by atoms with van der Waals surface area (Å²) in [6, 6.07) is 17.1. The highest BCUT2D eigenvalue weighted by Gasteiger charge is 2.12. The molecule has 0 fully saturated rings. The summed E-state index contributed by atoms with van der Waals surface area (Å²) in [4.78, 5) is 31.3. The largest absolute Gasteiger partial charge is 0.361 e. The molecular weight excluding hydrogens is 467 g/mol. The van der Waals surface area contributed by atoms with E-state index in [0.29, 0.717) is 23.6 Å². The minimum Gasteiger partial charge on any atom is -0.361 e. The Morgan fingerprint density at radius 1 is 0.857 bits per heavy atom. The molecule has 0 saturated heterocycles. The quantitative estimate of drug-likeness (QED) is 0.254. The molecule has 2 heterocycles. The molecule has 0 saturated carbocycles. The van der Waals surface area contributed by atoms with Gasteiger partial charge in [-0.2, -0.15) is 0 Å². The number of halogens is 2. The van der Waals surface area contributed by atoms with Gasteiger partial charge in [-0.05, 0) is 66.1 Å². The summed E-state index contributed by atoms with van der Waals surface area (Å²) in [6.45, 7) is 0.305. The lowest BCUT2D eigenvalue weighted by molar-refractivity contribution is -0.120. The van der Waals surface area contributed by atoms with Crippen molar-refractivity contribution in [2.45, 2.75) is 6.42 Å². The van der Waals surface area contributed by atoms with Crippen LogP contribution in [0.5, 0.6) is 0 Å². The highest BCUT2D eigenvalue weighted by atomic mass is 35.5. The van der Waals surface area contributed by atoms with Crippen molar-refractivity contribution in [3.05, 3.63) is 95.0 Å². The van der Waals surface area contributed by atoms with E-state index in [9.17, 15) is 14.0 Å². The van der Waals surface area contributed by atoms with Crippen LogP contribution in [0.25, 0.3) is 32.9 Å². The number of benzene rings is 3. The van der Waals surface area contributed by atoms with Gasteiger partial charge in [-0.1, -0.05) is 23.7 Å². The monoisotopic (exact) mass is 488 g/mol. The van der Waals surface area contributed by atoms with Crippen LogP contribution in [0.1, 0.15) is 15.9 Å². The molecule has 0 aliphatic heterocycles. The van der Waals surface area contributed by atoms with E-state index in [4.69, 9.17) is 11.6 Å². The molecule has 0 aliphatic rings. The molecule has 0 bridgehead atoms. The summed E-state index contributed by atoms with van der Waals surface area (Å²) in [5, 5.41) is 8.03. The minimum atomic E-state index is -0.348. The smallest absolute Gasteiger partial charge is 0.251 e. The predicted molar refractivity (Wildman–Crippen MR) is 136 cm³/mol. The van der Waals surface area contributed by atoms with Crippen LogP contribution in [-0.4, -0.2) is 34.9 Å². The van der Waals surface area contributed by atoms with Gasteiger partial charge in [0.15, 0.2) is 0 Å². The maximum Gasteiger partial charge on any atom is 0.251 e. The number of H-pyrrole nitrogens is 2. The predicted octanol–water partition coefficient (Wildman–Crippen LogP) is 5.20. The molecule has 0 atom stereocenters. The summed E-state index contributed by atoms with van der Waals surface area (Å²) >= 11 is 6.09. The third-order valence-corrected chi connectivity index (χ3v) is 6.19. The number of fused-ring (bicyclic) bond motifs is 2. The molecule has 35 heavy (non-hydrogen) atoms. The second kappa shape index (κ2) is 9.64. The van der Waals surface area contributed by atoms with E-state index in [-0.39, 0.29) is 24.2 Å². The van der Waals surface area contributed by atoms with Crippen LogP contribution < -0.4 is 10.6 Å². The van der Waals surface area contributed by atoms with Crippen LogP contribution in [-0.2, 0) is 11.2 Å². The van der Waals surface area contributed by atoms with E-state index in [0.717, 1.165) is 38.5 Å². The van der Waals surface area contributed by atoms with Gasteiger partial charge in [-0.3, -0.25) is 9.59 Å². The Kier molecular flexibility index (Phi) is 6.25. The number of nitrogens with one attached hydrogen (secondary N) is 4. The Bertz CT molecular complexity index is 1540. The molecule has 2 amide bonds. The molecule has 6 nitrogen and oxygen atoms in total. The van der Waals surface area contributed by atoms with Gasteiger partial charge in [0.1, 0.15) is 5.82 Å². The fourth-order valence-electron chi connectivity index (χ4n) is 4.15. The van der Waals surface area contributed by atoms with Gasteiger partial charge in [0.25, 0.3) is 5.91 Å². The van der Waals surface area contributed by atoms with Crippen LogP contribution >= 0.6 is 11.6 Å². The second-order valence-corrected chi connectivity index (χ2v) is 8.69. The second-order valence-electron chi connectivity index (χ2n) is 8.26. The van der Waals surface area contributed by atoms with E-state index in [2.05, 4.69) is 20.6 Å². The molecule has 8 heteroatoms. The van der Waals surface area contributed by atoms with Crippen LogP contribution in [0, 0.1) is 5.82 Å². The topological polar surface area (TPSA) is 89.8 Å². The maximum absolute atomic E-state index is 13.3. The van der Waals surface area contributed by atoms with E-state index >= 15 is 0 Å². The van der Waals surface area contributed by atoms with Crippen molar-refractivity contribution in [3.63, 3.8) is 0 Å². The highest BCUT2D eigenvalue weighted by Crippen LogP contribution is 2.29. The molecule has 0 unspecified atom stereocenters. The minimum absolute atomic E-state index is 0.130. The van der Waals surface area contributed by atoms with Crippen molar-refractivity contribution < 1.29 is 14.0 Å². The molecule has 2 aromatic heterocycles. The third kappa shape index (κ3) is 4.90. The molecule has 4 N–H and O–H groups in total. The lowest BCUT2D eigenvalue weighted by Crippen LogP contribution is -2.37.